The molecular formula is C22H31N3O3. The summed E-state index contributed by atoms with van der Waals surface area (Å²) in [5, 5.41) is 12.2. The highest BCUT2D eigenvalue weighted by atomic mass is 16.5. The highest BCUT2D eigenvalue weighted by Crippen LogP contribution is 2.29. The second-order valence-electron chi connectivity index (χ2n) is 8.48. The molecule has 4 rings (SSSR count). The molecule has 2 aromatic rings. The molecule has 2 aliphatic heterocycles. The van der Waals surface area contributed by atoms with E-state index >= 15 is 0 Å². The van der Waals surface area contributed by atoms with Gasteiger partial charge in [-0.1, -0.05) is 6.07 Å². The molecule has 1 amide bonds. The summed E-state index contributed by atoms with van der Waals surface area (Å²) in [5.74, 6) is 1.01. The molecule has 6 nitrogen and oxygen atoms in total. The molecule has 1 unspecified atom stereocenters. The van der Waals surface area contributed by atoms with Gasteiger partial charge >= 0.3 is 0 Å². The smallest absolute Gasteiger partial charge is 0.219 e. The number of hydrogen-bond donors (Lipinski definition) is 1. The van der Waals surface area contributed by atoms with Crippen molar-refractivity contribution in [2.24, 2.45) is 7.05 Å². The van der Waals surface area contributed by atoms with Crippen molar-refractivity contribution >= 4 is 16.8 Å². The van der Waals surface area contributed by atoms with Crippen molar-refractivity contribution in [3.05, 3.63) is 30.5 Å². The van der Waals surface area contributed by atoms with Crippen molar-refractivity contribution in [1.29, 1.82) is 0 Å². The lowest BCUT2D eigenvalue weighted by atomic mass is 9.91. The maximum atomic E-state index is 11.7. The number of fused-ring (bicyclic) bond motifs is 1. The van der Waals surface area contributed by atoms with Gasteiger partial charge in [0.2, 0.25) is 5.91 Å². The predicted octanol–water partition coefficient (Wildman–Crippen LogP) is 2.39. The average molecular weight is 386 g/mol. The molecular weight excluding hydrogens is 354 g/mol. The van der Waals surface area contributed by atoms with Crippen molar-refractivity contribution in [3.63, 3.8) is 0 Å². The Balaban J connectivity index is 1.33. The van der Waals surface area contributed by atoms with Crippen molar-refractivity contribution in [2.75, 3.05) is 32.7 Å². The van der Waals surface area contributed by atoms with Crippen molar-refractivity contribution in [2.45, 2.75) is 44.3 Å². The molecule has 2 aliphatic rings. The number of likely N-dealkylation sites (tertiary alicyclic amines) is 2. The number of carbonyl (C=O) groups is 1. The highest BCUT2D eigenvalue weighted by molar-refractivity contribution is 5.86. The Morgan fingerprint density at radius 3 is 2.79 bits per heavy atom. The average Bonchev–Trinajstić information content (AvgIpc) is 3.05. The standard InChI is InChI=1S/C22H31N3O3/c1-17(26)25-11-4-10-22(27,16-25)15-24-13-7-18(8-14-24)28-21-6-3-5-20-19(21)9-12-23(20)2/h3,5-6,9,12,18,27H,4,7-8,10-11,13-16H2,1-2H3. The Morgan fingerprint density at radius 1 is 1.25 bits per heavy atom. The first-order valence-electron chi connectivity index (χ1n) is 10.3. The monoisotopic (exact) mass is 385 g/mol. The van der Waals surface area contributed by atoms with Crippen LogP contribution in [-0.2, 0) is 11.8 Å². The summed E-state index contributed by atoms with van der Waals surface area (Å²) in [6.45, 7) is 5.27. The number of nitrogens with zero attached hydrogens (tertiary/aromatic N) is 3. The number of β-amino-alcohol motifs (C(OH)–C–C–N with tert-alkyl or cyclic N) is 1. The maximum absolute atomic E-state index is 11.7. The molecule has 2 saturated heterocycles. The molecule has 0 spiro atoms. The molecule has 1 aromatic heterocycles. The van der Waals surface area contributed by atoms with Gasteiger partial charge in [0.25, 0.3) is 0 Å². The third-order valence-corrected chi connectivity index (χ3v) is 6.23. The zero-order chi connectivity index (χ0) is 19.7. The SMILES string of the molecule is CC(=O)N1CCCC(O)(CN2CCC(Oc3cccc4c3ccn4C)CC2)C1. The van der Waals surface area contributed by atoms with E-state index < -0.39 is 5.60 Å². The minimum Gasteiger partial charge on any atom is -0.490 e. The number of amides is 1. The quantitative estimate of drug-likeness (QED) is 0.878. The first kappa shape index (κ1) is 19.3. The van der Waals surface area contributed by atoms with Crippen molar-refractivity contribution in [1.82, 2.24) is 14.4 Å². The van der Waals surface area contributed by atoms with E-state index in [0.29, 0.717) is 13.1 Å². The van der Waals surface area contributed by atoms with Gasteiger partial charge in [-0.3, -0.25) is 4.79 Å². The first-order valence-corrected chi connectivity index (χ1v) is 10.3. The van der Waals surface area contributed by atoms with Crippen LogP contribution in [0.2, 0.25) is 0 Å². The van der Waals surface area contributed by atoms with E-state index in [-0.39, 0.29) is 12.0 Å². The van der Waals surface area contributed by atoms with Gasteiger partial charge in [-0.15, -0.1) is 0 Å². The summed E-state index contributed by atoms with van der Waals surface area (Å²) in [7, 11) is 2.05. The minimum atomic E-state index is -0.784. The molecule has 2 fully saturated rings. The molecule has 28 heavy (non-hydrogen) atoms. The van der Waals surface area contributed by atoms with Crippen LogP contribution in [0.5, 0.6) is 5.75 Å². The van der Waals surface area contributed by atoms with Crippen LogP contribution in [-0.4, -0.2) is 69.8 Å². The van der Waals surface area contributed by atoms with E-state index in [0.717, 1.165) is 56.5 Å². The number of benzene rings is 1. The van der Waals surface area contributed by atoms with Gasteiger partial charge in [-0.25, -0.2) is 0 Å². The van der Waals surface area contributed by atoms with Crippen LogP contribution in [0.25, 0.3) is 10.9 Å². The van der Waals surface area contributed by atoms with Gasteiger partial charge in [0.05, 0.1) is 17.7 Å². The van der Waals surface area contributed by atoms with E-state index in [4.69, 9.17) is 4.74 Å². The summed E-state index contributed by atoms with van der Waals surface area (Å²) < 4.78 is 8.45. The number of piperidine rings is 2. The van der Waals surface area contributed by atoms with E-state index in [1.807, 2.05) is 13.1 Å². The summed E-state index contributed by atoms with van der Waals surface area (Å²) in [6, 6.07) is 8.32. The lowest BCUT2D eigenvalue weighted by Crippen LogP contribution is -2.56. The molecule has 1 N–H and O–H groups in total. The van der Waals surface area contributed by atoms with Gasteiger partial charge in [0.15, 0.2) is 0 Å². The zero-order valence-corrected chi connectivity index (χ0v) is 16.9. The molecule has 6 heteroatoms. The van der Waals surface area contributed by atoms with Crippen LogP contribution in [0.3, 0.4) is 0 Å². The Labute approximate surface area is 166 Å². The van der Waals surface area contributed by atoms with Crippen LogP contribution in [0.15, 0.2) is 30.5 Å². The molecule has 0 bridgehead atoms. The number of carbonyl (C=O) groups excluding carboxylic acids is 1. The number of aliphatic hydroxyl groups is 1. The predicted molar refractivity (Wildman–Crippen MR) is 109 cm³/mol. The Hall–Kier alpha value is -2.05. The van der Waals surface area contributed by atoms with Gasteiger partial charge in [-0.05, 0) is 43.9 Å². The fourth-order valence-electron chi connectivity index (χ4n) is 4.67. The third-order valence-electron chi connectivity index (χ3n) is 6.23. The van der Waals surface area contributed by atoms with Gasteiger partial charge in [0.1, 0.15) is 11.9 Å². The van der Waals surface area contributed by atoms with E-state index in [1.165, 1.54) is 5.52 Å². The lowest BCUT2D eigenvalue weighted by Gasteiger charge is -2.43. The Kier molecular flexibility index (Phi) is 5.34. The van der Waals surface area contributed by atoms with Gasteiger partial charge in [-0.2, -0.15) is 0 Å². The van der Waals surface area contributed by atoms with E-state index in [1.54, 1.807) is 11.8 Å². The normalized spacial score (nSPS) is 24.6. The molecule has 0 aliphatic carbocycles. The van der Waals surface area contributed by atoms with Crippen LogP contribution < -0.4 is 4.74 Å². The number of rotatable bonds is 4. The summed E-state index contributed by atoms with van der Waals surface area (Å²) in [6.07, 6.45) is 5.82. The molecule has 0 saturated carbocycles. The number of hydrogen-bond acceptors (Lipinski definition) is 4. The largest absolute Gasteiger partial charge is 0.490 e. The first-order chi connectivity index (χ1) is 13.4. The van der Waals surface area contributed by atoms with Crippen LogP contribution in [0.1, 0.15) is 32.6 Å². The number of ether oxygens (including phenoxy) is 1. The fraction of sp³-hybridized carbons (Fsp3) is 0.591. The highest BCUT2D eigenvalue weighted by Gasteiger charge is 2.36. The zero-order valence-electron chi connectivity index (χ0n) is 16.9. The number of aryl methyl sites for hydroxylation is 1. The summed E-state index contributed by atoms with van der Waals surface area (Å²) in [4.78, 5) is 15.8. The fourth-order valence-corrected chi connectivity index (χ4v) is 4.67. The molecule has 0 radical (unpaired) electrons. The van der Waals surface area contributed by atoms with Gasteiger partial charge < -0.3 is 24.2 Å². The van der Waals surface area contributed by atoms with Gasteiger partial charge in [0, 0.05) is 51.7 Å². The lowest BCUT2D eigenvalue weighted by molar-refractivity contribution is -0.137. The Bertz CT molecular complexity index is 841. The van der Waals surface area contributed by atoms with Crippen LogP contribution in [0, 0.1) is 0 Å². The Morgan fingerprint density at radius 2 is 2.04 bits per heavy atom. The second kappa shape index (κ2) is 7.76. The van der Waals surface area contributed by atoms with E-state index in [9.17, 15) is 9.90 Å². The summed E-state index contributed by atoms with van der Waals surface area (Å²) >= 11 is 0. The molecule has 1 atom stereocenters. The molecule has 1 aromatic carbocycles. The summed E-state index contributed by atoms with van der Waals surface area (Å²) in [5.41, 5.74) is 0.400. The third kappa shape index (κ3) is 4.03. The van der Waals surface area contributed by atoms with Crippen molar-refractivity contribution < 1.29 is 14.6 Å². The maximum Gasteiger partial charge on any atom is 0.219 e. The van der Waals surface area contributed by atoms with Crippen LogP contribution >= 0.6 is 0 Å². The minimum absolute atomic E-state index is 0.0559. The topological polar surface area (TPSA) is 57.9 Å². The second-order valence-corrected chi connectivity index (χ2v) is 8.48. The van der Waals surface area contributed by atoms with Crippen LogP contribution in [0.4, 0.5) is 0 Å². The van der Waals surface area contributed by atoms with E-state index in [2.05, 4.69) is 33.9 Å². The molecule has 3 heterocycles. The van der Waals surface area contributed by atoms with Crippen molar-refractivity contribution in [3.8, 4) is 5.75 Å². The number of aromatic nitrogens is 1. The molecule has 152 valence electrons.